The Labute approximate surface area is 161 Å². The maximum Gasteiger partial charge on any atom is 0.339 e. The zero-order chi connectivity index (χ0) is 19.2. The van der Waals surface area contributed by atoms with Crippen LogP contribution in [0.2, 0.25) is 5.02 Å². The lowest BCUT2D eigenvalue weighted by Crippen LogP contribution is -2.07. The molecule has 3 rings (SSSR count). The molecule has 1 aromatic heterocycles. The van der Waals surface area contributed by atoms with E-state index in [1.165, 1.54) is 7.11 Å². The molecule has 0 fully saturated rings. The van der Waals surface area contributed by atoms with Gasteiger partial charge in [-0.05, 0) is 36.4 Å². The first-order valence-corrected chi connectivity index (χ1v) is 8.36. The number of aromatic nitrogens is 2. The van der Waals surface area contributed by atoms with Crippen molar-refractivity contribution in [3.8, 4) is 5.75 Å². The average Bonchev–Trinajstić information content (AvgIpc) is 2.68. The highest BCUT2D eigenvalue weighted by Gasteiger charge is 2.12. The fourth-order valence-electron chi connectivity index (χ4n) is 2.38. The fourth-order valence-corrected chi connectivity index (χ4v) is 2.64. The topological polar surface area (TPSA) is 85.4 Å². The summed E-state index contributed by atoms with van der Waals surface area (Å²) in [5.41, 5.74) is 1.69. The van der Waals surface area contributed by atoms with Crippen LogP contribution in [0.3, 0.4) is 0 Å². The summed E-state index contributed by atoms with van der Waals surface area (Å²) in [5.74, 6) is 1.03. The van der Waals surface area contributed by atoms with Crippen LogP contribution in [0, 0.1) is 0 Å². The molecule has 2 N–H and O–H groups in total. The van der Waals surface area contributed by atoms with Gasteiger partial charge in [-0.25, -0.2) is 9.78 Å². The van der Waals surface area contributed by atoms with Gasteiger partial charge >= 0.3 is 5.97 Å². The standard InChI is InChI=1S/C19H17ClN4O3/c1-26-16-8-7-12(11-14(16)20)22-17-9-10-21-19(24-17)23-15-6-4-3-5-13(15)18(25)27-2/h3-11H,1-2H3,(H2,21,22,23,24). The Hall–Kier alpha value is -3.32. The molecule has 8 heteroatoms. The van der Waals surface area contributed by atoms with E-state index in [1.807, 2.05) is 6.07 Å². The molecule has 27 heavy (non-hydrogen) atoms. The van der Waals surface area contributed by atoms with E-state index in [-0.39, 0.29) is 0 Å². The first-order chi connectivity index (χ1) is 13.1. The van der Waals surface area contributed by atoms with Gasteiger partial charge < -0.3 is 20.1 Å². The van der Waals surface area contributed by atoms with Crippen molar-refractivity contribution in [3.63, 3.8) is 0 Å². The average molecular weight is 385 g/mol. The molecular formula is C19H17ClN4O3. The smallest absolute Gasteiger partial charge is 0.339 e. The number of carbonyl (C=O) groups is 1. The van der Waals surface area contributed by atoms with E-state index >= 15 is 0 Å². The summed E-state index contributed by atoms with van der Waals surface area (Å²) in [4.78, 5) is 20.5. The minimum absolute atomic E-state index is 0.330. The molecule has 0 radical (unpaired) electrons. The van der Waals surface area contributed by atoms with E-state index in [0.29, 0.717) is 33.8 Å². The van der Waals surface area contributed by atoms with Crippen LogP contribution in [-0.2, 0) is 4.74 Å². The van der Waals surface area contributed by atoms with Gasteiger partial charge in [0.2, 0.25) is 5.95 Å². The molecule has 3 aromatic rings. The van der Waals surface area contributed by atoms with Gasteiger partial charge in [0.1, 0.15) is 11.6 Å². The quantitative estimate of drug-likeness (QED) is 0.608. The van der Waals surface area contributed by atoms with E-state index in [0.717, 1.165) is 5.69 Å². The van der Waals surface area contributed by atoms with Crippen molar-refractivity contribution >= 4 is 40.7 Å². The summed E-state index contributed by atoms with van der Waals surface area (Å²) in [6, 6.07) is 14.0. The van der Waals surface area contributed by atoms with Crippen LogP contribution in [0.15, 0.2) is 54.7 Å². The van der Waals surface area contributed by atoms with Crippen molar-refractivity contribution in [3.05, 3.63) is 65.3 Å². The van der Waals surface area contributed by atoms with Gasteiger partial charge in [-0.15, -0.1) is 0 Å². The predicted octanol–water partition coefficient (Wildman–Crippen LogP) is 4.41. The molecule has 0 saturated heterocycles. The van der Waals surface area contributed by atoms with Crippen LogP contribution in [0.1, 0.15) is 10.4 Å². The molecular weight excluding hydrogens is 368 g/mol. The number of halogens is 1. The molecule has 0 aliphatic carbocycles. The van der Waals surface area contributed by atoms with Gasteiger partial charge in [-0.2, -0.15) is 4.98 Å². The van der Waals surface area contributed by atoms with Gasteiger partial charge in [0.05, 0.1) is 30.5 Å². The normalized spacial score (nSPS) is 10.2. The Morgan fingerprint density at radius 1 is 1.07 bits per heavy atom. The molecule has 0 amide bonds. The number of benzene rings is 2. The summed E-state index contributed by atoms with van der Waals surface area (Å²) in [6.07, 6.45) is 1.60. The molecule has 138 valence electrons. The van der Waals surface area contributed by atoms with E-state index in [9.17, 15) is 4.79 Å². The molecule has 7 nitrogen and oxygen atoms in total. The second-order valence-electron chi connectivity index (χ2n) is 5.40. The predicted molar refractivity (Wildman–Crippen MR) is 104 cm³/mol. The van der Waals surface area contributed by atoms with Gasteiger partial charge in [-0.3, -0.25) is 0 Å². The highest BCUT2D eigenvalue weighted by atomic mass is 35.5. The Kier molecular flexibility index (Phi) is 5.73. The summed E-state index contributed by atoms with van der Waals surface area (Å²) in [5, 5.41) is 6.67. The van der Waals surface area contributed by atoms with Crippen molar-refractivity contribution < 1.29 is 14.3 Å². The van der Waals surface area contributed by atoms with Crippen LogP contribution < -0.4 is 15.4 Å². The summed E-state index contributed by atoms with van der Waals surface area (Å²) in [7, 11) is 2.89. The largest absolute Gasteiger partial charge is 0.495 e. The van der Waals surface area contributed by atoms with Crippen LogP contribution >= 0.6 is 11.6 Å². The van der Waals surface area contributed by atoms with E-state index < -0.39 is 5.97 Å². The van der Waals surface area contributed by atoms with Crippen molar-refractivity contribution in [2.75, 3.05) is 24.9 Å². The second-order valence-corrected chi connectivity index (χ2v) is 5.81. The van der Waals surface area contributed by atoms with Crippen LogP contribution in [0.5, 0.6) is 5.75 Å². The summed E-state index contributed by atoms with van der Waals surface area (Å²) >= 11 is 6.14. The third kappa shape index (κ3) is 4.45. The molecule has 0 bridgehead atoms. The fraction of sp³-hybridized carbons (Fsp3) is 0.105. The van der Waals surface area contributed by atoms with E-state index in [1.54, 1.807) is 55.8 Å². The molecule has 0 aliphatic rings. The van der Waals surface area contributed by atoms with Gasteiger partial charge in [0.15, 0.2) is 0 Å². The number of carbonyl (C=O) groups excluding carboxylic acids is 1. The summed E-state index contributed by atoms with van der Waals surface area (Å²) < 4.78 is 9.93. The summed E-state index contributed by atoms with van der Waals surface area (Å²) in [6.45, 7) is 0. The number of hydrogen-bond acceptors (Lipinski definition) is 7. The van der Waals surface area contributed by atoms with Crippen molar-refractivity contribution in [2.24, 2.45) is 0 Å². The number of esters is 1. The van der Waals surface area contributed by atoms with Gasteiger partial charge in [0.25, 0.3) is 0 Å². The molecule has 0 spiro atoms. The highest BCUT2D eigenvalue weighted by Crippen LogP contribution is 2.28. The molecule has 1 heterocycles. The maximum atomic E-state index is 11.9. The third-order valence-electron chi connectivity index (χ3n) is 3.66. The maximum absolute atomic E-state index is 11.9. The number of methoxy groups -OCH3 is 2. The zero-order valence-electron chi connectivity index (χ0n) is 14.7. The number of ether oxygens (including phenoxy) is 2. The molecule has 0 saturated carbocycles. The lowest BCUT2D eigenvalue weighted by atomic mass is 10.2. The number of nitrogens with zero attached hydrogens (tertiary/aromatic N) is 2. The number of rotatable bonds is 6. The molecule has 2 aromatic carbocycles. The van der Waals surface area contributed by atoms with Crippen molar-refractivity contribution in [1.29, 1.82) is 0 Å². The van der Waals surface area contributed by atoms with Crippen molar-refractivity contribution in [1.82, 2.24) is 9.97 Å². The van der Waals surface area contributed by atoms with Crippen LogP contribution in [0.25, 0.3) is 0 Å². The Morgan fingerprint density at radius 2 is 1.89 bits per heavy atom. The number of hydrogen-bond donors (Lipinski definition) is 2. The lowest BCUT2D eigenvalue weighted by molar-refractivity contribution is 0.0602. The van der Waals surface area contributed by atoms with Crippen molar-refractivity contribution in [2.45, 2.75) is 0 Å². The van der Waals surface area contributed by atoms with E-state index in [2.05, 4.69) is 20.6 Å². The lowest BCUT2D eigenvalue weighted by Gasteiger charge is -2.11. The highest BCUT2D eigenvalue weighted by molar-refractivity contribution is 6.32. The van der Waals surface area contributed by atoms with Gasteiger partial charge in [-0.1, -0.05) is 23.7 Å². The third-order valence-corrected chi connectivity index (χ3v) is 3.95. The first kappa shape index (κ1) is 18.5. The number of para-hydroxylation sites is 1. The number of anilines is 4. The Balaban J connectivity index is 1.81. The molecule has 0 aliphatic heterocycles. The van der Waals surface area contributed by atoms with Crippen LogP contribution in [-0.4, -0.2) is 30.2 Å². The van der Waals surface area contributed by atoms with E-state index in [4.69, 9.17) is 21.1 Å². The SMILES string of the molecule is COC(=O)c1ccccc1Nc1nccc(Nc2ccc(OC)c(Cl)c2)n1. The number of nitrogens with one attached hydrogen (secondary N) is 2. The first-order valence-electron chi connectivity index (χ1n) is 7.98. The Bertz CT molecular complexity index is 965. The zero-order valence-corrected chi connectivity index (χ0v) is 15.4. The molecule has 0 unspecified atom stereocenters. The van der Waals surface area contributed by atoms with Gasteiger partial charge in [0, 0.05) is 11.9 Å². The molecule has 0 atom stereocenters. The second kappa shape index (κ2) is 8.37. The minimum Gasteiger partial charge on any atom is -0.495 e. The minimum atomic E-state index is -0.444. The Morgan fingerprint density at radius 3 is 2.63 bits per heavy atom. The van der Waals surface area contributed by atoms with Crippen LogP contribution in [0.4, 0.5) is 23.1 Å². The monoisotopic (exact) mass is 384 g/mol.